The van der Waals surface area contributed by atoms with Crippen LogP contribution in [0.2, 0.25) is 0 Å². The van der Waals surface area contributed by atoms with Gasteiger partial charge in [-0.1, -0.05) is 19.9 Å². The average molecular weight is 234 g/mol. The second-order valence-electron chi connectivity index (χ2n) is 4.44. The fraction of sp³-hybridized carbons (Fsp3) is 0.462. The number of pyridine rings is 1. The van der Waals surface area contributed by atoms with Gasteiger partial charge in [0.1, 0.15) is 0 Å². The first-order valence-corrected chi connectivity index (χ1v) is 5.69. The highest BCUT2D eigenvalue weighted by Crippen LogP contribution is 2.04. The molecule has 1 rings (SSSR count). The van der Waals surface area contributed by atoms with Gasteiger partial charge in [0.05, 0.1) is 12.5 Å². The van der Waals surface area contributed by atoms with Gasteiger partial charge in [-0.05, 0) is 24.5 Å². The summed E-state index contributed by atoms with van der Waals surface area (Å²) < 4.78 is 0. The molecule has 0 saturated heterocycles. The quantitative estimate of drug-likeness (QED) is 0.836. The summed E-state index contributed by atoms with van der Waals surface area (Å²) in [5, 5.41) is 2.75. The first-order chi connectivity index (χ1) is 8.00. The van der Waals surface area contributed by atoms with E-state index in [4.69, 9.17) is 0 Å². The Balaban J connectivity index is 2.57. The zero-order valence-corrected chi connectivity index (χ0v) is 10.4. The lowest BCUT2D eigenvalue weighted by Gasteiger charge is -2.19. The second kappa shape index (κ2) is 6.13. The number of nitrogens with one attached hydrogen (secondary N) is 1. The van der Waals surface area contributed by atoms with Crippen molar-refractivity contribution in [2.24, 2.45) is 5.92 Å². The maximum Gasteiger partial charge on any atom is 0.225 e. The van der Waals surface area contributed by atoms with Gasteiger partial charge in [0.2, 0.25) is 5.91 Å². The molecule has 0 spiro atoms. The molecule has 0 aliphatic rings. The van der Waals surface area contributed by atoms with Crippen molar-refractivity contribution in [1.82, 2.24) is 10.3 Å². The summed E-state index contributed by atoms with van der Waals surface area (Å²) in [7, 11) is 0. The van der Waals surface area contributed by atoms with Crippen LogP contribution in [0.25, 0.3) is 0 Å². The highest BCUT2D eigenvalue weighted by atomic mass is 16.2. The van der Waals surface area contributed by atoms with E-state index in [-0.39, 0.29) is 24.0 Å². The lowest BCUT2D eigenvalue weighted by molar-refractivity contribution is -0.127. The minimum absolute atomic E-state index is 0.0143. The number of Topliss-reactive ketones (excluding diaryl/α,β-unsaturated/α-hetero) is 1. The number of ketones is 1. The summed E-state index contributed by atoms with van der Waals surface area (Å²) in [6.07, 6.45) is 3.57. The largest absolute Gasteiger partial charge is 0.346 e. The number of rotatable bonds is 5. The number of carbonyl (C=O) groups is 2. The van der Waals surface area contributed by atoms with Gasteiger partial charge in [-0.2, -0.15) is 0 Å². The summed E-state index contributed by atoms with van der Waals surface area (Å²) in [5.74, 6) is -0.0585. The van der Waals surface area contributed by atoms with Crippen molar-refractivity contribution >= 4 is 11.7 Å². The smallest absolute Gasteiger partial charge is 0.225 e. The van der Waals surface area contributed by atoms with E-state index in [1.54, 1.807) is 18.5 Å². The van der Waals surface area contributed by atoms with E-state index >= 15 is 0 Å². The van der Waals surface area contributed by atoms with Crippen LogP contribution in [0, 0.1) is 5.92 Å². The van der Waals surface area contributed by atoms with Crippen molar-refractivity contribution in [3.8, 4) is 0 Å². The van der Waals surface area contributed by atoms with Crippen molar-refractivity contribution in [3.05, 3.63) is 30.1 Å². The summed E-state index contributed by atoms with van der Waals surface area (Å²) >= 11 is 0. The van der Waals surface area contributed by atoms with Gasteiger partial charge < -0.3 is 5.32 Å². The van der Waals surface area contributed by atoms with E-state index < -0.39 is 6.04 Å². The van der Waals surface area contributed by atoms with Crippen molar-refractivity contribution in [2.45, 2.75) is 33.2 Å². The Morgan fingerprint density at radius 2 is 2.12 bits per heavy atom. The topological polar surface area (TPSA) is 59.1 Å². The van der Waals surface area contributed by atoms with E-state index in [9.17, 15) is 9.59 Å². The molecule has 0 aromatic carbocycles. The second-order valence-corrected chi connectivity index (χ2v) is 4.44. The van der Waals surface area contributed by atoms with Crippen LogP contribution in [0.5, 0.6) is 0 Å². The molecule has 0 bridgehead atoms. The highest BCUT2D eigenvalue weighted by molar-refractivity contribution is 5.88. The first-order valence-electron chi connectivity index (χ1n) is 5.69. The Labute approximate surface area is 101 Å². The molecule has 1 atom stereocenters. The lowest BCUT2D eigenvalue weighted by atomic mass is 10.0. The molecule has 92 valence electrons. The van der Waals surface area contributed by atoms with Crippen LogP contribution in [0.1, 0.15) is 26.3 Å². The van der Waals surface area contributed by atoms with Crippen molar-refractivity contribution in [3.63, 3.8) is 0 Å². The minimum Gasteiger partial charge on any atom is -0.346 e. The molecule has 0 aliphatic carbocycles. The molecule has 1 N–H and O–H groups in total. The fourth-order valence-corrected chi connectivity index (χ4v) is 1.65. The molecule has 1 aromatic rings. The molecule has 0 aliphatic heterocycles. The maximum atomic E-state index is 11.7. The van der Waals surface area contributed by atoms with Crippen molar-refractivity contribution in [2.75, 3.05) is 0 Å². The van der Waals surface area contributed by atoms with Crippen molar-refractivity contribution in [1.29, 1.82) is 0 Å². The number of nitrogens with zero attached hydrogens (tertiary/aromatic N) is 1. The van der Waals surface area contributed by atoms with E-state index in [1.807, 2.05) is 19.9 Å². The average Bonchev–Trinajstić information content (AvgIpc) is 2.26. The van der Waals surface area contributed by atoms with E-state index in [0.717, 1.165) is 5.56 Å². The summed E-state index contributed by atoms with van der Waals surface area (Å²) in [4.78, 5) is 27.0. The molecule has 0 radical (unpaired) electrons. The van der Waals surface area contributed by atoms with E-state index in [0.29, 0.717) is 0 Å². The predicted molar refractivity (Wildman–Crippen MR) is 65.4 cm³/mol. The van der Waals surface area contributed by atoms with Gasteiger partial charge >= 0.3 is 0 Å². The predicted octanol–water partition coefficient (Wildman–Crippen LogP) is 1.35. The van der Waals surface area contributed by atoms with Crippen LogP contribution >= 0.6 is 0 Å². The third-order valence-electron chi connectivity index (χ3n) is 2.51. The molecule has 0 fully saturated rings. The number of hydrogen-bond donors (Lipinski definition) is 1. The molecule has 4 nitrogen and oxygen atoms in total. The van der Waals surface area contributed by atoms with E-state index in [2.05, 4.69) is 10.3 Å². The molecule has 4 heteroatoms. The maximum absolute atomic E-state index is 11.7. The summed E-state index contributed by atoms with van der Waals surface area (Å²) in [5.41, 5.74) is 0.844. The van der Waals surface area contributed by atoms with Crippen LogP contribution in [0.15, 0.2) is 24.5 Å². The molecule has 1 unspecified atom stereocenters. The Morgan fingerprint density at radius 1 is 1.41 bits per heavy atom. The van der Waals surface area contributed by atoms with Crippen molar-refractivity contribution < 1.29 is 9.59 Å². The Kier molecular flexibility index (Phi) is 4.82. The molecule has 1 aromatic heterocycles. The third-order valence-corrected chi connectivity index (χ3v) is 2.51. The van der Waals surface area contributed by atoms with Gasteiger partial charge in [-0.25, -0.2) is 0 Å². The van der Waals surface area contributed by atoms with Gasteiger partial charge in [-0.3, -0.25) is 14.6 Å². The minimum atomic E-state index is -0.404. The first kappa shape index (κ1) is 13.4. The molecule has 0 saturated carbocycles. The number of aromatic nitrogens is 1. The van der Waals surface area contributed by atoms with Crippen LogP contribution in [-0.2, 0) is 16.0 Å². The number of hydrogen-bond acceptors (Lipinski definition) is 3. The van der Waals surface area contributed by atoms with Crippen LogP contribution in [-0.4, -0.2) is 22.7 Å². The monoisotopic (exact) mass is 234 g/mol. The highest BCUT2D eigenvalue weighted by Gasteiger charge is 2.20. The van der Waals surface area contributed by atoms with Crippen LogP contribution < -0.4 is 5.32 Å². The van der Waals surface area contributed by atoms with E-state index in [1.165, 1.54) is 6.92 Å². The zero-order valence-electron chi connectivity index (χ0n) is 10.4. The fourth-order valence-electron chi connectivity index (χ4n) is 1.65. The molecular weight excluding hydrogens is 216 g/mol. The Hall–Kier alpha value is -1.71. The van der Waals surface area contributed by atoms with Crippen LogP contribution in [0.4, 0.5) is 0 Å². The lowest BCUT2D eigenvalue weighted by Crippen LogP contribution is -2.44. The standard InChI is InChI=1S/C13H18N2O2/c1-9(2)13(10(3)16)15-12(17)7-11-5-4-6-14-8-11/h4-6,8-9,13H,7H2,1-3H3,(H,15,17). The Morgan fingerprint density at radius 3 is 2.59 bits per heavy atom. The summed E-state index contributed by atoms with van der Waals surface area (Å²) in [6.45, 7) is 5.32. The zero-order chi connectivity index (χ0) is 12.8. The molecule has 1 amide bonds. The van der Waals surface area contributed by atoms with Gasteiger partial charge in [0.25, 0.3) is 0 Å². The SMILES string of the molecule is CC(=O)C(NC(=O)Cc1cccnc1)C(C)C. The van der Waals surface area contributed by atoms with Gasteiger partial charge in [0.15, 0.2) is 5.78 Å². The van der Waals surface area contributed by atoms with Gasteiger partial charge in [-0.15, -0.1) is 0 Å². The van der Waals surface area contributed by atoms with Gasteiger partial charge in [0, 0.05) is 12.4 Å². The number of carbonyl (C=O) groups excluding carboxylic acids is 2. The third kappa shape index (κ3) is 4.34. The molecule has 1 heterocycles. The van der Waals surface area contributed by atoms with Crippen LogP contribution in [0.3, 0.4) is 0 Å². The normalized spacial score (nSPS) is 12.2. The Bertz CT molecular complexity index is 388. The summed E-state index contributed by atoms with van der Waals surface area (Å²) in [6, 6.07) is 3.22. The number of amides is 1. The molecular formula is C13H18N2O2. The molecule has 17 heavy (non-hydrogen) atoms.